The van der Waals surface area contributed by atoms with Gasteiger partial charge in [0.1, 0.15) is 0 Å². The van der Waals surface area contributed by atoms with E-state index in [1.807, 2.05) is 0 Å². The number of rotatable bonds is 4. The number of hydrogen-bond acceptors (Lipinski definition) is 5. The van der Waals surface area contributed by atoms with Crippen molar-refractivity contribution in [2.45, 2.75) is 46.2 Å². The van der Waals surface area contributed by atoms with Crippen molar-refractivity contribution in [3.63, 3.8) is 0 Å². The SMILES string of the molecule is CC(=O)Nc1nc(O[Si](C)(C)C)c2ncn([Si](C)(C)C)c2n1. The molecule has 1 N–H and O–H groups in total. The third-order valence-corrected chi connectivity index (χ3v) is 5.36. The van der Waals surface area contributed by atoms with E-state index in [-0.39, 0.29) is 11.9 Å². The number of anilines is 1. The van der Waals surface area contributed by atoms with E-state index in [4.69, 9.17) is 4.43 Å². The standard InChI is InChI=1S/C13H23N5O2Si2/c1-9(19)15-13-16-11-10(12(17-13)20-22(5,6)7)14-8-18(11)21(2,3)4/h8H,1-7H3,(H,15,16,17,19). The second-order valence-electron chi connectivity index (χ2n) is 7.21. The van der Waals surface area contributed by atoms with Gasteiger partial charge in [0, 0.05) is 6.92 Å². The van der Waals surface area contributed by atoms with E-state index in [0.29, 0.717) is 17.0 Å². The molecular formula is C13H23N5O2Si2. The maximum Gasteiger partial charge on any atom is 0.244 e. The molecule has 2 aromatic heterocycles. The lowest BCUT2D eigenvalue weighted by atomic mass is 10.5. The molecule has 2 rings (SSSR count). The van der Waals surface area contributed by atoms with E-state index in [9.17, 15) is 4.79 Å². The largest absolute Gasteiger partial charge is 0.530 e. The number of carbonyl (C=O) groups is 1. The Kier molecular flexibility index (Phi) is 4.13. The molecule has 0 aliphatic heterocycles. The van der Waals surface area contributed by atoms with Gasteiger partial charge in [-0.1, -0.05) is 19.6 Å². The number of hydrogen-bond donors (Lipinski definition) is 1. The Labute approximate surface area is 132 Å². The Bertz CT molecular complexity index is 716. The average molecular weight is 338 g/mol. The molecule has 0 fully saturated rings. The average Bonchev–Trinajstić information content (AvgIpc) is 2.68. The number of nitrogens with zero attached hydrogens (tertiary/aromatic N) is 4. The molecule has 2 aromatic rings. The van der Waals surface area contributed by atoms with Crippen molar-refractivity contribution < 1.29 is 9.22 Å². The molecular weight excluding hydrogens is 314 g/mol. The molecule has 120 valence electrons. The molecule has 0 spiro atoms. The van der Waals surface area contributed by atoms with E-state index in [1.165, 1.54) is 6.92 Å². The summed E-state index contributed by atoms with van der Waals surface area (Å²) in [6, 6.07) is 0. The van der Waals surface area contributed by atoms with Crippen molar-refractivity contribution in [3.8, 4) is 5.88 Å². The number of imidazole rings is 1. The highest BCUT2D eigenvalue weighted by molar-refractivity contribution is 6.75. The maximum absolute atomic E-state index is 11.3. The number of amides is 1. The third kappa shape index (κ3) is 3.71. The highest BCUT2D eigenvalue weighted by Crippen LogP contribution is 2.27. The summed E-state index contributed by atoms with van der Waals surface area (Å²) in [5.74, 6) is 0.496. The summed E-state index contributed by atoms with van der Waals surface area (Å²) in [6.07, 6.45) is 1.79. The summed E-state index contributed by atoms with van der Waals surface area (Å²) in [7, 11) is -3.54. The summed E-state index contributed by atoms with van der Waals surface area (Å²) in [5.41, 5.74) is 1.37. The van der Waals surface area contributed by atoms with E-state index in [2.05, 4.69) is 63.8 Å². The summed E-state index contributed by atoms with van der Waals surface area (Å²) < 4.78 is 8.13. The van der Waals surface area contributed by atoms with Gasteiger partial charge in [0.05, 0.1) is 6.33 Å². The van der Waals surface area contributed by atoms with E-state index in [0.717, 1.165) is 0 Å². The van der Waals surface area contributed by atoms with Crippen LogP contribution in [0.2, 0.25) is 39.3 Å². The molecule has 22 heavy (non-hydrogen) atoms. The van der Waals surface area contributed by atoms with E-state index in [1.54, 1.807) is 6.33 Å². The molecule has 0 aliphatic rings. The van der Waals surface area contributed by atoms with Gasteiger partial charge in [0.15, 0.2) is 19.4 Å². The van der Waals surface area contributed by atoms with Crippen LogP contribution in [0.15, 0.2) is 6.33 Å². The lowest BCUT2D eigenvalue weighted by molar-refractivity contribution is -0.114. The van der Waals surface area contributed by atoms with Gasteiger partial charge in [-0.3, -0.25) is 10.1 Å². The van der Waals surface area contributed by atoms with E-state index < -0.39 is 16.6 Å². The fourth-order valence-electron chi connectivity index (χ4n) is 1.94. The van der Waals surface area contributed by atoms with Gasteiger partial charge in [-0.05, 0) is 19.6 Å². The van der Waals surface area contributed by atoms with Crippen LogP contribution >= 0.6 is 0 Å². The molecule has 0 atom stereocenters. The predicted octanol–water partition coefficient (Wildman–Crippen LogP) is 2.68. The van der Waals surface area contributed by atoms with Gasteiger partial charge in [0.25, 0.3) is 0 Å². The zero-order valence-electron chi connectivity index (χ0n) is 14.2. The smallest absolute Gasteiger partial charge is 0.244 e. The summed E-state index contributed by atoms with van der Waals surface area (Å²) in [6.45, 7) is 14.3. The molecule has 0 bridgehead atoms. The first kappa shape index (κ1) is 16.6. The number of aromatic nitrogens is 4. The van der Waals surface area contributed by atoms with Crippen molar-refractivity contribution in [2.24, 2.45) is 0 Å². The maximum atomic E-state index is 11.3. The normalized spacial score (nSPS) is 12.5. The molecule has 7 nitrogen and oxygen atoms in total. The van der Waals surface area contributed by atoms with Crippen molar-refractivity contribution in [2.75, 3.05) is 5.32 Å². The minimum atomic E-state index is -1.86. The van der Waals surface area contributed by atoms with Crippen LogP contribution in [0, 0.1) is 0 Å². The molecule has 0 saturated carbocycles. The van der Waals surface area contributed by atoms with Crippen LogP contribution in [0.4, 0.5) is 5.95 Å². The van der Waals surface area contributed by atoms with Gasteiger partial charge in [-0.2, -0.15) is 9.97 Å². The number of nitrogens with one attached hydrogen (secondary N) is 1. The van der Waals surface area contributed by atoms with Crippen LogP contribution in [0.3, 0.4) is 0 Å². The Morgan fingerprint density at radius 2 is 1.82 bits per heavy atom. The fraction of sp³-hybridized carbons (Fsp3) is 0.538. The first-order valence-electron chi connectivity index (χ1n) is 7.19. The topological polar surface area (TPSA) is 81.9 Å². The molecule has 2 heterocycles. The lowest BCUT2D eigenvalue weighted by Gasteiger charge is -2.20. The molecule has 0 aromatic carbocycles. The van der Waals surface area contributed by atoms with Gasteiger partial charge in [-0.25, -0.2) is 4.98 Å². The Balaban J connectivity index is 2.66. The Morgan fingerprint density at radius 3 is 2.32 bits per heavy atom. The van der Waals surface area contributed by atoms with Crippen molar-refractivity contribution in [3.05, 3.63) is 6.33 Å². The number of carbonyl (C=O) groups excluding carboxylic acids is 1. The van der Waals surface area contributed by atoms with Crippen LogP contribution in [0.25, 0.3) is 11.2 Å². The summed E-state index contributed by atoms with van der Waals surface area (Å²) in [5, 5.41) is 2.64. The summed E-state index contributed by atoms with van der Waals surface area (Å²) in [4.78, 5) is 24.6. The highest BCUT2D eigenvalue weighted by atomic mass is 28.4. The molecule has 9 heteroatoms. The zero-order valence-corrected chi connectivity index (χ0v) is 16.2. The van der Waals surface area contributed by atoms with Crippen LogP contribution in [0.1, 0.15) is 6.92 Å². The van der Waals surface area contributed by atoms with Gasteiger partial charge < -0.3 is 8.66 Å². The van der Waals surface area contributed by atoms with Gasteiger partial charge in [-0.15, -0.1) is 0 Å². The molecule has 1 amide bonds. The van der Waals surface area contributed by atoms with E-state index >= 15 is 0 Å². The zero-order chi connectivity index (χ0) is 16.7. The predicted molar refractivity (Wildman–Crippen MR) is 92.3 cm³/mol. The molecule has 0 saturated heterocycles. The monoisotopic (exact) mass is 337 g/mol. The van der Waals surface area contributed by atoms with Crippen LogP contribution in [-0.4, -0.2) is 41.6 Å². The molecule has 0 aliphatic carbocycles. The minimum Gasteiger partial charge on any atom is -0.530 e. The molecule has 0 radical (unpaired) electrons. The van der Waals surface area contributed by atoms with Crippen LogP contribution < -0.4 is 9.74 Å². The Hall–Kier alpha value is -1.75. The van der Waals surface area contributed by atoms with Gasteiger partial charge >= 0.3 is 0 Å². The first-order chi connectivity index (χ1) is 9.97. The fourth-order valence-corrected chi connectivity index (χ4v) is 3.86. The number of fused-ring (bicyclic) bond motifs is 1. The third-order valence-electron chi connectivity index (χ3n) is 2.78. The highest BCUT2D eigenvalue weighted by Gasteiger charge is 2.25. The van der Waals surface area contributed by atoms with Crippen molar-refractivity contribution in [1.29, 1.82) is 0 Å². The van der Waals surface area contributed by atoms with Crippen molar-refractivity contribution >= 4 is 39.6 Å². The van der Waals surface area contributed by atoms with Crippen molar-refractivity contribution in [1.82, 2.24) is 19.2 Å². The quantitative estimate of drug-likeness (QED) is 0.867. The first-order valence-corrected chi connectivity index (χ1v) is 14.0. The Morgan fingerprint density at radius 1 is 1.18 bits per heavy atom. The van der Waals surface area contributed by atoms with Gasteiger partial charge in [0.2, 0.25) is 26.1 Å². The minimum absolute atomic E-state index is 0.211. The van der Waals surface area contributed by atoms with Crippen LogP contribution in [0.5, 0.6) is 5.88 Å². The molecule has 0 unspecified atom stereocenters. The lowest BCUT2D eigenvalue weighted by Crippen LogP contribution is -2.32. The summed E-state index contributed by atoms with van der Waals surface area (Å²) >= 11 is 0. The second-order valence-corrected chi connectivity index (χ2v) is 16.5. The van der Waals surface area contributed by atoms with Crippen LogP contribution in [-0.2, 0) is 4.79 Å². The second kappa shape index (κ2) is 5.47.